The summed E-state index contributed by atoms with van der Waals surface area (Å²) in [6, 6.07) is 0. The summed E-state index contributed by atoms with van der Waals surface area (Å²) in [5.41, 5.74) is -6.98. The van der Waals surface area contributed by atoms with Gasteiger partial charge in [0.25, 0.3) is 0 Å². The van der Waals surface area contributed by atoms with E-state index >= 15 is 0 Å². The molecule has 4 unspecified atom stereocenters. The fourth-order valence-corrected chi connectivity index (χ4v) is 3.28. The third-order valence-corrected chi connectivity index (χ3v) is 4.52. The van der Waals surface area contributed by atoms with Gasteiger partial charge in [-0.3, -0.25) is 0 Å². The molecule has 2 N–H and O–H groups in total. The van der Waals surface area contributed by atoms with Crippen LogP contribution in [0, 0.1) is 11.8 Å². The van der Waals surface area contributed by atoms with Gasteiger partial charge in [-0.05, 0) is 44.4 Å². The van der Waals surface area contributed by atoms with Gasteiger partial charge < -0.3 is 10.2 Å². The van der Waals surface area contributed by atoms with Gasteiger partial charge in [0.2, 0.25) is 5.60 Å². The number of fused-ring (bicyclic) bond motifs is 2. The summed E-state index contributed by atoms with van der Waals surface area (Å²) in [5.74, 6) is -5.65. The van der Waals surface area contributed by atoms with Gasteiger partial charge in [-0.2, -0.15) is 22.0 Å². The minimum absolute atomic E-state index is 0.0248. The molecule has 18 heavy (non-hydrogen) atoms. The van der Waals surface area contributed by atoms with Gasteiger partial charge in [0.15, 0.2) is 0 Å². The Kier molecular flexibility index (Phi) is 2.77. The molecule has 2 nitrogen and oxygen atoms in total. The highest BCUT2D eigenvalue weighted by atomic mass is 19.4. The first-order valence-corrected chi connectivity index (χ1v) is 5.83. The normalized spacial score (nSPS) is 40.0. The van der Waals surface area contributed by atoms with Crippen LogP contribution in [0.3, 0.4) is 0 Å². The molecule has 0 amide bonds. The van der Waals surface area contributed by atoms with Crippen molar-refractivity contribution in [3.63, 3.8) is 0 Å². The lowest BCUT2D eigenvalue weighted by Crippen LogP contribution is -2.68. The van der Waals surface area contributed by atoms with Crippen LogP contribution in [0.2, 0.25) is 0 Å². The zero-order valence-corrected chi connectivity index (χ0v) is 9.77. The van der Waals surface area contributed by atoms with Gasteiger partial charge in [0.05, 0.1) is 0 Å². The van der Waals surface area contributed by atoms with E-state index in [0.29, 0.717) is 12.8 Å². The average molecular weight is 274 g/mol. The second-order valence-corrected chi connectivity index (χ2v) is 5.65. The number of aliphatic hydroxyl groups is 2. The largest absolute Gasteiger partial charge is 0.423 e. The number of halogens is 5. The van der Waals surface area contributed by atoms with Gasteiger partial charge in [-0.25, -0.2) is 0 Å². The van der Waals surface area contributed by atoms with Crippen LogP contribution in [0.25, 0.3) is 0 Å². The van der Waals surface area contributed by atoms with Crippen LogP contribution in [0.4, 0.5) is 22.0 Å². The Morgan fingerprint density at radius 2 is 1.67 bits per heavy atom. The molecule has 2 bridgehead atoms. The number of hydrogen-bond donors (Lipinski definition) is 2. The molecule has 106 valence electrons. The van der Waals surface area contributed by atoms with Crippen LogP contribution in [0.5, 0.6) is 0 Å². The molecule has 2 aliphatic rings. The maximum Gasteiger partial charge on any atom is 0.423 e. The molecule has 2 aliphatic carbocycles. The standard InChI is InChI=1S/C11H15F5O2/c1-8(17,11(14,15)16)10(12,13)9(18)5-6-2-3-7(9)4-6/h6-7,17-18H,2-5H2,1H3. The van der Waals surface area contributed by atoms with E-state index in [1.54, 1.807) is 0 Å². The second kappa shape index (κ2) is 3.56. The first kappa shape index (κ1) is 14.0. The molecule has 0 saturated heterocycles. The average Bonchev–Trinajstić information content (AvgIpc) is 2.75. The van der Waals surface area contributed by atoms with Crippen molar-refractivity contribution < 1.29 is 32.2 Å². The Balaban J connectivity index is 2.37. The minimum Gasteiger partial charge on any atom is -0.383 e. The maximum absolute atomic E-state index is 14.0. The highest BCUT2D eigenvalue weighted by molar-refractivity contribution is 5.15. The molecule has 0 aliphatic heterocycles. The van der Waals surface area contributed by atoms with Crippen LogP contribution in [-0.2, 0) is 0 Å². The van der Waals surface area contributed by atoms with Crippen molar-refractivity contribution in [3.05, 3.63) is 0 Å². The third kappa shape index (κ3) is 1.52. The molecule has 0 aromatic carbocycles. The maximum atomic E-state index is 14.0. The van der Waals surface area contributed by atoms with E-state index in [1.165, 1.54) is 0 Å². The minimum atomic E-state index is -5.49. The lowest BCUT2D eigenvalue weighted by molar-refractivity contribution is -0.367. The molecule has 2 saturated carbocycles. The molecule has 4 atom stereocenters. The zero-order chi connectivity index (χ0) is 14.0. The van der Waals surface area contributed by atoms with Crippen molar-refractivity contribution in [3.8, 4) is 0 Å². The first-order valence-electron chi connectivity index (χ1n) is 5.83. The second-order valence-electron chi connectivity index (χ2n) is 5.65. The molecule has 0 heterocycles. The van der Waals surface area contributed by atoms with Crippen LogP contribution in [0.15, 0.2) is 0 Å². The monoisotopic (exact) mass is 274 g/mol. The van der Waals surface area contributed by atoms with Gasteiger partial charge in [0.1, 0.15) is 5.60 Å². The van der Waals surface area contributed by atoms with E-state index < -0.39 is 29.2 Å². The quantitative estimate of drug-likeness (QED) is 0.759. The number of rotatable bonds is 2. The molecule has 2 rings (SSSR count). The summed E-state index contributed by atoms with van der Waals surface area (Å²) in [6.45, 7) is 0.0248. The van der Waals surface area contributed by atoms with E-state index in [-0.39, 0.29) is 25.7 Å². The lowest BCUT2D eigenvalue weighted by Gasteiger charge is -2.46. The van der Waals surface area contributed by atoms with Crippen molar-refractivity contribution in [2.75, 3.05) is 0 Å². The number of alkyl halides is 5. The summed E-state index contributed by atoms with van der Waals surface area (Å²) >= 11 is 0. The Bertz CT molecular complexity index is 352. The van der Waals surface area contributed by atoms with E-state index in [2.05, 4.69) is 0 Å². The SMILES string of the molecule is CC(O)(C(F)(F)F)C(F)(F)C1(O)CC2CCC1C2. The fourth-order valence-electron chi connectivity index (χ4n) is 3.28. The van der Waals surface area contributed by atoms with Crippen molar-refractivity contribution in [1.82, 2.24) is 0 Å². The molecular weight excluding hydrogens is 259 g/mol. The molecular formula is C11H15F5O2. The predicted molar refractivity (Wildman–Crippen MR) is 52.0 cm³/mol. The van der Waals surface area contributed by atoms with Gasteiger partial charge in [0, 0.05) is 0 Å². The molecule has 0 aromatic rings. The topological polar surface area (TPSA) is 40.5 Å². The Morgan fingerprint density at radius 1 is 1.11 bits per heavy atom. The summed E-state index contributed by atoms with van der Waals surface area (Å²) in [6.07, 6.45) is -4.63. The Labute approximate surface area is 101 Å². The van der Waals surface area contributed by atoms with Crippen molar-refractivity contribution in [2.24, 2.45) is 11.8 Å². The first-order chi connectivity index (χ1) is 7.93. The smallest absolute Gasteiger partial charge is 0.383 e. The van der Waals surface area contributed by atoms with Crippen LogP contribution < -0.4 is 0 Å². The fraction of sp³-hybridized carbons (Fsp3) is 1.00. The molecule has 7 heteroatoms. The van der Waals surface area contributed by atoms with Crippen molar-refractivity contribution in [2.45, 2.75) is 55.9 Å². The zero-order valence-electron chi connectivity index (χ0n) is 9.77. The lowest BCUT2D eigenvalue weighted by atomic mass is 9.73. The highest BCUT2D eigenvalue weighted by Crippen LogP contribution is 2.60. The van der Waals surface area contributed by atoms with Gasteiger partial charge >= 0.3 is 12.1 Å². The Hall–Kier alpha value is -0.430. The predicted octanol–water partition coefficient (Wildman–Crippen LogP) is 2.49. The third-order valence-electron chi connectivity index (χ3n) is 4.52. The van der Waals surface area contributed by atoms with E-state index in [1.807, 2.05) is 0 Å². The Morgan fingerprint density at radius 3 is 2.00 bits per heavy atom. The molecule has 0 spiro atoms. The van der Waals surface area contributed by atoms with Crippen molar-refractivity contribution in [1.29, 1.82) is 0 Å². The number of hydrogen-bond acceptors (Lipinski definition) is 2. The highest BCUT2D eigenvalue weighted by Gasteiger charge is 2.76. The summed E-state index contributed by atoms with van der Waals surface area (Å²) in [7, 11) is 0. The van der Waals surface area contributed by atoms with Gasteiger partial charge in [-0.1, -0.05) is 0 Å². The van der Waals surface area contributed by atoms with E-state index in [0.717, 1.165) is 0 Å². The van der Waals surface area contributed by atoms with E-state index in [4.69, 9.17) is 0 Å². The van der Waals surface area contributed by atoms with Gasteiger partial charge in [-0.15, -0.1) is 0 Å². The molecule has 0 radical (unpaired) electrons. The summed E-state index contributed by atoms with van der Waals surface area (Å²) in [4.78, 5) is 0. The summed E-state index contributed by atoms with van der Waals surface area (Å²) in [5, 5.41) is 19.2. The summed E-state index contributed by atoms with van der Waals surface area (Å²) < 4.78 is 65.7. The van der Waals surface area contributed by atoms with Crippen molar-refractivity contribution >= 4 is 0 Å². The molecule has 0 aromatic heterocycles. The van der Waals surface area contributed by atoms with Crippen LogP contribution >= 0.6 is 0 Å². The van der Waals surface area contributed by atoms with Crippen LogP contribution in [0.1, 0.15) is 32.6 Å². The molecule has 2 fully saturated rings. The van der Waals surface area contributed by atoms with E-state index in [9.17, 15) is 32.2 Å². The van der Waals surface area contributed by atoms with Crippen LogP contribution in [-0.4, -0.2) is 33.5 Å².